The maximum absolute atomic E-state index is 11.0. The Morgan fingerprint density at radius 3 is 2.67 bits per heavy atom. The monoisotopic (exact) mass is 265 g/mol. The summed E-state index contributed by atoms with van der Waals surface area (Å²) in [6.07, 6.45) is 1.69. The molecule has 0 aliphatic carbocycles. The Morgan fingerprint density at radius 2 is 2.11 bits per heavy atom. The molecule has 0 bridgehead atoms. The van der Waals surface area contributed by atoms with Gasteiger partial charge in [0.25, 0.3) is 0 Å². The fourth-order valence-electron chi connectivity index (χ4n) is 1.85. The summed E-state index contributed by atoms with van der Waals surface area (Å²) in [5, 5.41) is 9.60. The quantitative estimate of drug-likeness (QED) is 0.927. The van der Waals surface area contributed by atoms with Gasteiger partial charge in [-0.25, -0.2) is 4.79 Å². The van der Waals surface area contributed by atoms with E-state index in [1.54, 1.807) is 49.1 Å². The van der Waals surface area contributed by atoms with E-state index in [1.807, 2.05) is 0 Å². The number of benzene rings is 1. The SMILES string of the molecule is COc1ccc(Cl)cc1-n1ccc(C(=O)O)c1C. The van der Waals surface area contributed by atoms with E-state index >= 15 is 0 Å². The third-order valence-corrected chi connectivity index (χ3v) is 3.01. The molecule has 0 aliphatic heterocycles. The van der Waals surface area contributed by atoms with E-state index in [9.17, 15) is 4.79 Å². The average Bonchev–Trinajstić information content (AvgIpc) is 2.71. The lowest BCUT2D eigenvalue weighted by molar-refractivity contribution is 0.0696. The maximum Gasteiger partial charge on any atom is 0.337 e. The van der Waals surface area contributed by atoms with E-state index in [2.05, 4.69) is 0 Å². The number of aromatic nitrogens is 1. The van der Waals surface area contributed by atoms with Gasteiger partial charge < -0.3 is 14.4 Å². The summed E-state index contributed by atoms with van der Waals surface area (Å²) in [6.45, 7) is 1.74. The number of carboxylic acids is 1. The predicted octanol–water partition coefficient (Wildman–Crippen LogP) is 3.15. The van der Waals surface area contributed by atoms with Gasteiger partial charge in [0, 0.05) is 16.9 Å². The maximum atomic E-state index is 11.0. The van der Waals surface area contributed by atoms with E-state index in [4.69, 9.17) is 21.4 Å². The van der Waals surface area contributed by atoms with Gasteiger partial charge in [0.2, 0.25) is 0 Å². The van der Waals surface area contributed by atoms with Crippen LogP contribution in [0.1, 0.15) is 16.1 Å². The summed E-state index contributed by atoms with van der Waals surface area (Å²) in [5.41, 5.74) is 1.61. The van der Waals surface area contributed by atoms with Crippen LogP contribution in [0.5, 0.6) is 5.75 Å². The van der Waals surface area contributed by atoms with Gasteiger partial charge >= 0.3 is 5.97 Å². The van der Waals surface area contributed by atoms with Crippen LogP contribution in [-0.2, 0) is 0 Å². The number of methoxy groups -OCH3 is 1. The second-order valence-corrected chi connectivity index (χ2v) is 4.24. The number of aromatic carboxylic acids is 1. The van der Waals surface area contributed by atoms with Gasteiger partial charge in [0.1, 0.15) is 5.75 Å². The van der Waals surface area contributed by atoms with Crippen molar-refractivity contribution in [2.75, 3.05) is 7.11 Å². The Balaban J connectivity index is 2.61. The first-order valence-corrected chi connectivity index (χ1v) is 5.67. The van der Waals surface area contributed by atoms with E-state index in [-0.39, 0.29) is 5.56 Å². The number of nitrogens with zero attached hydrogens (tertiary/aromatic N) is 1. The Kier molecular flexibility index (Phi) is 3.30. The second-order valence-electron chi connectivity index (χ2n) is 3.81. The average molecular weight is 266 g/mol. The van der Waals surface area contributed by atoms with Crippen molar-refractivity contribution in [3.63, 3.8) is 0 Å². The van der Waals surface area contributed by atoms with E-state index < -0.39 is 5.97 Å². The Bertz CT molecular complexity index is 604. The first kappa shape index (κ1) is 12.5. The molecular formula is C13H12ClNO3. The van der Waals surface area contributed by atoms with Crippen LogP contribution in [0.25, 0.3) is 5.69 Å². The van der Waals surface area contributed by atoms with Crippen LogP contribution in [0.15, 0.2) is 30.5 Å². The lowest BCUT2D eigenvalue weighted by Crippen LogP contribution is -2.02. The number of hydrogen-bond acceptors (Lipinski definition) is 2. The van der Waals surface area contributed by atoms with Crippen molar-refractivity contribution in [3.8, 4) is 11.4 Å². The fourth-order valence-corrected chi connectivity index (χ4v) is 2.02. The molecule has 1 N–H and O–H groups in total. The summed E-state index contributed by atoms with van der Waals surface area (Å²) >= 11 is 5.96. The molecule has 1 aromatic carbocycles. The molecular weight excluding hydrogens is 254 g/mol. The predicted molar refractivity (Wildman–Crippen MR) is 69.0 cm³/mol. The molecule has 0 spiro atoms. The van der Waals surface area contributed by atoms with Crippen molar-refractivity contribution >= 4 is 17.6 Å². The van der Waals surface area contributed by atoms with E-state index in [1.165, 1.54) is 0 Å². The van der Waals surface area contributed by atoms with Crippen molar-refractivity contribution in [3.05, 3.63) is 46.7 Å². The number of carbonyl (C=O) groups is 1. The summed E-state index contributed by atoms with van der Waals surface area (Å²) in [6, 6.07) is 6.76. The number of carboxylic acid groups (broad SMARTS) is 1. The molecule has 1 aromatic heterocycles. The van der Waals surface area contributed by atoms with Crippen LogP contribution in [0.3, 0.4) is 0 Å². The largest absolute Gasteiger partial charge is 0.495 e. The molecule has 5 heteroatoms. The van der Waals surface area contributed by atoms with Crippen LogP contribution >= 0.6 is 11.6 Å². The molecule has 0 atom stereocenters. The van der Waals surface area contributed by atoms with Gasteiger partial charge in [-0.05, 0) is 31.2 Å². The number of rotatable bonds is 3. The molecule has 94 valence electrons. The fraction of sp³-hybridized carbons (Fsp3) is 0.154. The van der Waals surface area contributed by atoms with Crippen LogP contribution in [0.4, 0.5) is 0 Å². The van der Waals surface area contributed by atoms with Crippen molar-refractivity contribution in [2.24, 2.45) is 0 Å². The zero-order valence-electron chi connectivity index (χ0n) is 9.98. The number of halogens is 1. The third kappa shape index (κ3) is 2.07. The minimum Gasteiger partial charge on any atom is -0.495 e. The van der Waals surface area contributed by atoms with Crippen molar-refractivity contribution in [2.45, 2.75) is 6.92 Å². The Labute approximate surface area is 109 Å². The number of hydrogen-bond donors (Lipinski definition) is 1. The minimum absolute atomic E-state index is 0.261. The first-order valence-electron chi connectivity index (χ1n) is 5.29. The lowest BCUT2D eigenvalue weighted by Gasteiger charge is -2.12. The standard InChI is InChI=1S/C13H12ClNO3/c1-8-10(13(16)17)5-6-15(8)11-7-9(14)3-4-12(11)18-2/h3-7H,1-2H3,(H,16,17). The van der Waals surface area contributed by atoms with Crippen LogP contribution in [0.2, 0.25) is 5.02 Å². The Hall–Kier alpha value is -1.94. The topological polar surface area (TPSA) is 51.5 Å². The second kappa shape index (κ2) is 4.74. The van der Waals surface area contributed by atoms with E-state index in [0.29, 0.717) is 16.5 Å². The molecule has 0 saturated heterocycles. The van der Waals surface area contributed by atoms with Crippen molar-refractivity contribution in [1.29, 1.82) is 0 Å². The third-order valence-electron chi connectivity index (χ3n) is 2.77. The number of ether oxygens (including phenoxy) is 1. The Morgan fingerprint density at radius 1 is 1.39 bits per heavy atom. The molecule has 0 saturated carbocycles. The van der Waals surface area contributed by atoms with Crippen LogP contribution in [-0.4, -0.2) is 22.8 Å². The molecule has 18 heavy (non-hydrogen) atoms. The van der Waals surface area contributed by atoms with Crippen LogP contribution < -0.4 is 4.74 Å². The smallest absolute Gasteiger partial charge is 0.337 e. The summed E-state index contributed by atoms with van der Waals surface area (Å²) in [4.78, 5) is 11.0. The summed E-state index contributed by atoms with van der Waals surface area (Å²) < 4.78 is 7.00. The van der Waals surface area contributed by atoms with Crippen molar-refractivity contribution < 1.29 is 14.6 Å². The molecule has 4 nitrogen and oxygen atoms in total. The molecule has 0 aliphatic rings. The molecule has 2 aromatic rings. The van der Waals surface area contributed by atoms with Crippen LogP contribution in [0, 0.1) is 6.92 Å². The van der Waals surface area contributed by atoms with Gasteiger partial charge in [0.05, 0.1) is 18.4 Å². The highest BCUT2D eigenvalue weighted by atomic mass is 35.5. The zero-order valence-corrected chi connectivity index (χ0v) is 10.7. The van der Waals surface area contributed by atoms with Gasteiger partial charge in [0.15, 0.2) is 0 Å². The molecule has 1 heterocycles. The highest BCUT2D eigenvalue weighted by Gasteiger charge is 2.14. The summed E-state index contributed by atoms with van der Waals surface area (Å²) in [5.74, 6) is -0.317. The molecule has 0 fully saturated rings. The molecule has 2 rings (SSSR count). The zero-order chi connectivity index (χ0) is 13.3. The van der Waals surface area contributed by atoms with Gasteiger partial charge in [-0.15, -0.1) is 0 Å². The first-order chi connectivity index (χ1) is 8.54. The van der Waals surface area contributed by atoms with Gasteiger partial charge in [-0.3, -0.25) is 0 Å². The lowest BCUT2D eigenvalue weighted by atomic mass is 10.2. The highest BCUT2D eigenvalue weighted by molar-refractivity contribution is 6.30. The highest BCUT2D eigenvalue weighted by Crippen LogP contribution is 2.28. The molecule has 0 unspecified atom stereocenters. The van der Waals surface area contributed by atoms with Gasteiger partial charge in [-0.2, -0.15) is 0 Å². The normalized spacial score (nSPS) is 10.4. The molecule has 0 radical (unpaired) electrons. The molecule has 0 amide bonds. The van der Waals surface area contributed by atoms with E-state index in [0.717, 1.165) is 5.69 Å². The minimum atomic E-state index is -0.952. The van der Waals surface area contributed by atoms with Crippen molar-refractivity contribution in [1.82, 2.24) is 4.57 Å². The summed E-state index contributed by atoms with van der Waals surface area (Å²) in [7, 11) is 1.56. The van der Waals surface area contributed by atoms with Gasteiger partial charge in [-0.1, -0.05) is 11.6 Å².